The molecule has 1 aromatic carbocycles. The molecule has 1 heterocycles. The average Bonchev–Trinajstić information content (AvgIpc) is 2.37. The summed E-state index contributed by atoms with van der Waals surface area (Å²) >= 11 is 0. The average molecular weight is 258 g/mol. The number of H-pyrrole nitrogens is 1. The fourth-order valence-electron chi connectivity index (χ4n) is 1.95. The molecule has 0 saturated heterocycles. The molecule has 0 fully saturated rings. The van der Waals surface area contributed by atoms with Crippen molar-refractivity contribution in [3.8, 4) is 0 Å². The number of para-hydroxylation sites is 1. The van der Waals surface area contributed by atoms with Crippen molar-refractivity contribution < 1.29 is 4.79 Å². The number of pyridine rings is 1. The highest BCUT2D eigenvalue weighted by Gasteiger charge is 2.09. The van der Waals surface area contributed by atoms with E-state index in [0.717, 1.165) is 16.5 Å². The molecule has 1 aromatic heterocycles. The molecule has 2 aromatic rings. The maximum Gasteiger partial charge on any atom is 0.253 e. The summed E-state index contributed by atoms with van der Waals surface area (Å²) in [5, 5.41) is 3.74. The van der Waals surface area contributed by atoms with E-state index in [0.29, 0.717) is 5.56 Å². The number of carbonyl (C=O) groups excluding carboxylic acids is 1. The van der Waals surface area contributed by atoms with E-state index >= 15 is 0 Å². The lowest BCUT2D eigenvalue weighted by Gasteiger charge is -2.08. The second-order valence-corrected chi connectivity index (χ2v) is 5.04. The Hall–Kier alpha value is -2.10. The lowest BCUT2D eigenvalue weighted by molar-refractivity contribution is -0.124. The number of aryl methyl sites for hydroxylation is 1. The summed E-state index contributed by atoms with van der Waals surface area (Å²) in [6.45, 7) is 5.86. The van der Waals surface area contributed by atoms with Gasteiger partial charge in [-0.3, -0.25) is 9.59 Å². The summed E-state index contributed by atoms with van der Waals surface area (Å²) in [6.07, 6.45) is 0. The van der Waals surface area contributed by atoms with Crippen molar-refractivity contribution in [2.24, 2.45) is 5.92 Å². The molecule has 0 atom stereocenters. The normalized spacial score (nSPS) is 10.9. The van der Waals surface area contributed by atoms with Crippen molar-refractivity contribution in [1.82, 2.24) is 10.3 Å². The Labute approximate surface area is 111 Å². The van der Waals surface area contributed by atoms with Gasteiger partial charge in [-0.05, 0) is 23.9 Å². The first-order valence-corrected chi connectivity index (χ1v) is 6.38. The fourth-order valence-corrected chi connectivity index (χ4v) is 1.95. The maximum absolute atomic E-state index is 12.0. The first-order chi connectivity index (χ1) is 8.99. The third kappa shape index (κ3) is 2.84. The van der Waals surface area contributed by atoms with Gasteiger partial charge in [0, 0.05) is 18.0 Å². The topological polar surface area (TPSA) is 62.0 Å². The molecule has 1 amide bonds. The maximum atomic E-state index is 12.0. The number of carbonyl (C=O) groups is 1. The van der Waals surface area contributed by atoms with Crippen LogP contribution in [0.5, 0.6) is 0 Å². The first-order valence-electron chi connectivity index (χ1n) is 6.38. The van der Waals surface area contributed by atoms with Gasteiger partial charge in [0.25, 0.3) is 5.56 Å². The second kappa shape index (κ2) is 5.26. The molecule has 0 saturated carbocycles. The molecular formula is C15H18N2O2. The molecule has 19 heavy (non-hydrogen) atoms. The SMILES string of the molecule is Cc1cccc2cc(CNC(=O)C(C)C)c(=O)[nH]c12. The van der Waals surface area contributed by atoms with Gasteiger partial charge in [0.05, 0.1) is 5.52 Å². The molecule has 0 aliphatic heterocycles. The van der Waals surface area contributed by atoms with Crippen LogP contribution in [0.2, 0.25) is 0 Å². The monoisotopic (exact) mass is 258 g/mol. The van der Waals surface area contributed by atoms with E-state index in [2.05, 4.69) is 10.3 Å². The molecule has 0 aliphatic rings. The zero-order chi connectivity index (χ0) is 14.0. The Bertz CT molecular complexity index is 671. The predicted octanol–water partition coefficient (Wildman–Crippen LogP) is 2.11. The summed E-state index contributed by atoms with van der Waals surface area (Å²) in [4.78, 5) is 26.4. The Morgan fingerprint density at radius 2 is 2.11 bits per heavy atom. The molecule has 0 bridgehead atoms. The first kappa shape index (κ1) is 13.3. The van der Waals surface area contributed by atoms with Crippen LogP contribution in [0, 0.1) is 12.8 Å². The summed E-state index contributed by atoms with van der Waals surface area (Å²) in [5.74, 6) is -0.134. The Morgan fingerprint density at radius 3 is 2.79 bits per heavy atom. The van der Waals surface area contributed by atoms with Crippen molar-refractivity contribution in [2.75, 3.05) is 0 Å². The van der Waals surface area contributed by atoms with E-state index < -0.39 is 0 Å². The minimum Gasteiger partial charge on any atom is -0.352 e. The number of hydrogen-bond donors (Lipinski definition) is 2. The van der Waals surface area contributed by atoms with Crippen LogP contribution in [0.3, 0.4) is 0 Å². The van der Waals surface area contributed by atoms with E-state index in [1.54, 1.807) is 0 Å². The highest BCUT2D eigenvalue weighted by atomic mass is 16.2. The number of nitrogens with one attached hydrogen (secondary N) is 2. The molecule has 0 aliphatic carbocycles. The van der Waals surface area contributed by atoms with E-state index in [1.165, 1.54) is 0 Å². The smallest absolute Gasteiger partial charge is 0.253 e. The van der Waals surface area contributed by atoms with Gasteiger partial charge >= 0.3 is 0 Å². The minimum absolute atomic E-state index is 0.0521. The number of aromatic nitrogens is 1. The highest BCUT2D eigenvalue weighted by Crippen LogP contribution is 2.14. The zero-order valence-corrected chi connectivity index (χ0v) is 11.4. The zero-order valence-electron chi connectivity index (χ0n) is 11.4. The molecular weight excluding hydrogens is 240 g/mol. The van der Waals surface area contributed by atoms with Gasteiger partial charge in [0.1, 0.15) is 0 Å². The molecule has 0 spiro atoms. The van der Waals surface area contributed by atoms with Crippen LogP contribution in [0.25, 0.3) is 10.9 Å². The number of fused-ring (bicyclic) bond motifs is 1. The van der Waals surface area contributed by atoms with Crippen LogP contribution in [-0.4, -0.2) is 10.9 Å². The summed E-state index contributed by atoms with van der Waals surface area (Å²) in [7, 11) is 0. The fraction of sp³-hybridized carbons (Fsp3) is 0.333. The molecule has 100 valence electrons. The van der Waals surface area contributed by atoms with Gasteiger partial charge in [-0.15, -0.1) is 0 Å². The third-order valence-electron chi connectivity index (χ3n) is 3.14. The highest BCUT2D eigenvalue weighted by molar-refractivity contribution is 5.82. The van der Waals surface area contributed by atoms with Gasteiger partial charge in [0.2, 0.25) is 5.91 Å². The van der Waals surface area contributed by atoms with Gasteiger partial charge in [0.15, 0.2) is 0 Å². The van der Waals surface area contributed by atoms with E-state index in [4.69, 9.17) is 0 Å². The van der Waals surface area contributed by atoms with Crippen LogP contribution in [-0.2, 0) is 11.3 Å². The van der Waals surface area contributed by atoms with Crippen LogP contribution < -0.4 is 10.9 Å². The number of aromatic amines is 1. The van der Waals surface area contributed by atoms with Crippen molar-refractivity contribution in [3.63, 3.8) is 0 Å². The summed E-state index contributed by atoms with van der Waals surface area (Å²) in [5.41, 5.74) is 2.32. The van der Waals surface area contributed by atoms with E-state index in [9.17, 15) is 9.59 Å². The van der Waals surface area contributed by atoms with Crippen LogP contribution in [0.1, 0.15) is 25.0 Å². The Morgan fingerprint density at radius 1 is 1.37 bits per heavy atom. The van der Waals surface area contributed by atoms with Crippen molar-refractivity contribution >= 4 is 16.8 Å². The standard InChI is InChI=1S/C15H18N2O2/c1-9(2)14(18)16-8-12-7-11-6-4-5-10(3)13(11)17-15(12)19/h4-7,9H,8H2,1-3H3,(H,16,18)(H,17,19). The summed E-state index contributed by atoms with van der Waals surface area (Å²) in [6, 6.07) is 7.69. The summed E-state index contributed by atoms with van der Waals surface area (Å²) < 4.78 is 0. The van der Waals surface area contributed by atoms with Crippen LogP contribution >= 0.6 is 0 Å². The second-order valence-electron chi connectivity index (χ2n) is 5.04. The number of amides is 1. The number of rotatable bonds is 3. The minimum atomic E-state index is -0.147. The van der Waals surface area contributed by atoms with Crippen molar-refractivity contribution in [1.29, 1.82) is 0 Å². The number of benzene rings is 1. The Balaban J connectivity index is 2.32. The molecule has 2 rings (SSSR count). The predicted molar refractivity (Wildman–Crippen MR) is 76.0 cm³/mol. The van der Waals surface area contributed by atoms with E-state index in [-0.39, 0.29) is 23.9 Å². The van der Waals surface area contributed by atoms with Crippen molar-refractivity contribution in [3.05, 3.63) is 45.7 Å². The third-order valence-corrected chi connectivity index (χ3v) is 3.14. The van der Waals surface area contributed by atoms with Crippen LogP contribution in [0.4, 0.5) is 0 Å². The van der Waals surface area contributed by atoms with E-state index in [1.807, 2.05) is 45.0 Å². The lowest BCUT2D eigenvalue weighted by Crippen LogP contribution is -2.29. The van der Waals surface area contributed by atoms with Gasteiger partial charge in [-0.2, -0.15) is 0 Å². The van der Waals surface area contributed by atoms with Crippen LogP contribution in [0.15, 0.2) is 29.1 Å². The van der Waals surface area contributed by atoms with Crippen molar-refractivity contribution in [2.45, 2.75) is 27.3 Å². The molecule has 2 N–H and O–H groups in total. The van der Waals surface area contributed by atoms with Gasteiger partial charge < -0.3 is 10.3 Å². The molecule has 0 radical (unpaired) electrons. The molecule has 0 unspecified atom stereocenters. The largest absolute Gasteiger partial charge is 0.352 e. The molecule has 4 heteroatoms. The lowest BCUT2D eigenvalue weighted by atomic mass is 10.1. The molecule has 4 nitrogen and oxygen atoms in total. The Kier molecular flexibility index (Phi) is 3.69. The van der Waals surface area contributed by atoms with Gasteiger partial charge in [-0.1, -0.05) is 32.0 Å². The number of hydrogen-bond acceptors (Lipinski definition) is 2. The quantitative estimate of drug-likeness (QED) is 0.885. The van der Waals surface area contributed by atoms with Gasteiger partial charge in [-0.25, -0.2) is 0 Å².